The Kier molecular flexibility index (Phi) is 6.59. The van der Waals surface area contributed by atoms with E-state index in [9.17, 15) is 0 Å². The Morgan fingerprint density at radius 3 is 2.58 bits per heavy atom. The van der Waals surface area contributed by atoms with Gasteiger partial charge in [-0.2, -0.15) is 0 Å². The zero-order valence-corrected chi connectivity index (χ0v) is 14.5. The van der Waals surface area contributed by atoms with Crippen molar-refractivity contribution in [2.24, 2.45) is 5.92 Å². The second-order valence-electron chi connectivity index (χ2n) is 6.85. The highest BCUT2D eigenvalue weighted by Gasteiger charge is 2.12. The summed E-state index contributed by atoms with van der Waals surface area (Å²) in [7, 11) is 0. The molecule has 0 aliphatic heterocycles. The second-order valence-corrected chi connectivity index (χ2v) is 6.85. The van der Waals surface area contributed by atoms with Gasteiger partial charge in [0.05, 0.1) is 6.61 Å². The van der Waals surface area contributed by atoms with Gasteiger partial charge >= 0.3 is 0 Å². The molecular weight excluding hydrogens is 294 g/mol. The summed E-state index contributed by atoms with van der Waals surface area (Å²) < 4.78 is 5.92. The van der Waals surface area contributed by atoms with Crippen LogP contribution < -0.4 is 10.1 Å². The molecule has 0 unspecified atom stereocenters. The van der Waals surface area contributed by atoms with Crippen molar-refractivity contribution in [2.75, 3.05) is 18.5 Å². The van der Waals surface area contributed by atoms with Crippen molar-refractivity contribution < 1.29 is 4.74 Å². The van der Waals surface area contributed by atoms with Crippen molar-refractivity contribution in [3.8, 4) is 5.75 Å². The van der Waals surface area contributed by atoms with Crippen LogP contribution in [0.1, 0.15) is 44.1 Å². The molecule has 0 atom stereocenters. The van der Waals surface area contributed by atoms with Crippen LogP contribution in [0.15, 0.2) is 54.6 Å². The smallest absolute Gasteiger partial charge is 0.121 e. The van der Waals surface area contributed by atoms with Crippen LogP contribution in [-0.4, -0.2) is 13.2 Å². The Morgan fingerprint density at radius 1 is 0.917 bits per heavy atom. The van der Waals surface area contributed by atoms with Gasteiger partial charge in [0.2, 0.25) is 0 Å². The van der Waals surface area contributed by atoms with Crippen LogP contribution in [-0.2, 0) is 6.42 Å². The van der Waals surface area contributed by atoms with Crippen molar-refractivity contribution in [1.29, 1.82) is 0 Å². The molecule has 24 heavy (non-hydrogen) atoms. The van der Waals surface area contributed by atoms with Gasteiger partial charge in [0.25, 0.3) is 0 Å². The average Bonchev–Trinajstić information content (AvgIpc) is 2.66. The predicted molar refractivity (Wildman–Crippen MR) is 102 cm³/mol. The Labute approximate surface area is 146 Å². The number of aryl methyl sites for hydroxylation is 1. The molecule has 1 saturated carbocycles. The summed E-state index contributed by atoms with van der Waals surface area (Å²) in [5.74, 6) is 1.81. The van der Waals surface area contributed by atoms with Gasteiger partial charge in [-0.15, -0.1) is 0 Å². The topological polar surface area (TPSA) is 21.3 Å². The average molecular weight is 323 g/mol. The maximum absolute atomic E-state index is 5.92. The lowest BCUT2D eigenvalue weighted by Crippen LogP contribution is -2.17. The Bertz CT molecular complexity index is 590. The third-order valence-electron chi connectivity index (χ3n) is 4.87. The van der Waals surface area contributed by atoms with E-state index in [-0.39, 0.29) is 0 Å². The lowest BCUT2D eigenvalue weighted by molar-refractivity contribution is 0.311. The van der Waals surface area contributed by atoms with Crippen molar-refractivity contribution in [3.05, 3.63) is 60.2 Å². The molecule has 0 bridgehead atoms. The van der Waals surface area contributed by atoms with Gasteiger partial charge < -0.3 is 10.1 Å². The summed E-state index contributed by atoms with van der Waals surface area (Å²) in [6.45, 7) is 1.86. The SMILES string of the molecule is c1ccc(CCCOc2cccc(NCC3CCCCC3)c2)cc1. The predicted octanol–water partition coefficient (Wildman–Crippen LogP) is 5.69. The molecule has 128 valence electrons. The minimum absolute atomic E-state index is 0.765. The minimum atomic E-state index is 0.765. The Morgan fingerprint density at radius 2 is 1.75 bits per heavy atom. The van der Waals surface area contributed by atoms with Crippen LogP contribution in [0.4, 0.5) is 5.69 Å². The molecule has 3 rings (SSSR count). The van der Waals surface area contributed by atoms with Gasteiger partial charge in [0.15, 0.2) is 0 Å². The Balaban J connectivity index is 1.39. The maximum atomic E-state index is 5.92. The molecule has 0 saturated heterocycles. The molecule has 1 aliphatic carbocycles. The number of benzene rings is 2. The van der Waals surface area contributed by atoms with Crippen molar-refractivity contribution in [3.63, 3.8) is 0 Å². The van der Waals surface area contributed by atoms with Crippen LogP contribution in [0, 0.1) is 5.92 Å². The third kappa shape index (κ3) is 5.59. The summed E-state index contributed by atoms with van der Waals surface area (Å²) in [6, 6.07) is 19.0. The van der Waals surface area contributed by atoms with Crippen molar-refractivity contribution >= 4 is 5.69 Å². The number of anilines is 1. The van der Waals surface area contributed by atoms with Gasteiger partial charge in [-0.25, -0.2) is 0 Å². The van der Waals surface area contributed by atoms with E-state index in [4.69, 9.17) is 4.74 Å². The zero-order chi connectivity index (χ0) is 16.5. The first kappa shape index (κ1) is 16.9. The van der Waals surface area contributed by atoms with E-state index >= 15 is 0 Å². The first-order valence-electron chi connectivity index (χ1n) is 9.41. The quantitative estimate of drug-likeness (QED) is 0.630. The summed E-state index contributed by atoms with van der Waals surface area (Å²) in [5, 5.41) is 3.59. The lowest BCUT2D eigenvalue weighted by Gasteiger charge is -2.22. The molecule has 0 heterocycles. The first-order valence-corrected chi connectivity index (χ1v) is 9.41. The molecule has 1 fully saturated rings. The molecule has 0 amide bonds. The van der Waals surface area contributed by atoms with Crippen LogP contribution >= 0.6 is 0 Å². The van der Waals surface area contributed by atoms with Crippen LogP contribution in [0.25, 0.3) is 0 Å². The number of hydrogen-bond donors (Lipinski definition) is 1. The molecule has 1 aliphatic rings. The highest BCUT2D eigenvalue weighted by molar-refractivity contribution is 5.48. The summed E-state index contributed by atoms with van der Waals surface area (Å²) in [6.07, 6.45) is 9.09. The fourth-order valence-corrected chi connectivity index (χ4v) is 3.46. The van der Waals surface area contributed by atoms with E-state index in [1.54, 1.807) is 0 Å². The molecule has 1 N–H and O–H groups in total. The van der Waals surface area contributed by atoms with Crippen LogP contribution in [0.2, 0.25) is 0 Å². The third-order valence-corrected chi connectivity index (χ3v) is 4.87. The summed E-state index contributed by atoms with van der Waals surface area (Å²) >= 11 is 0. The van der Waals surface area contributed by atoms with E-state index in [2.05, 4.69) is 53.8 Å². The molecule has 0 radical (unpaired) electrons. The van der Waals surface area contributed by atoms with Gasteiger partial charge in [0.1, 0.15) is 5.75 Å². The zero-order valence-electron chi connectivity index (χ0n) is 14.5. The molecule has 2 aromatic rings. The van der Waals surface area contributed by atoms with Gasteiger partial charge in [-0.05, 0) is 49.3 Å². The second kappa shape index (κ2) is 9.36. The van der Waals surface area contributed by atoms with Gasteiger partial charge in [-0.3, -0.25) is 0 Å². The van der Waals surface area contributed by atoms with Gasteiger partial charge in [0, 0.05) is 18.3 Å². The summed E-state index contributed by atoms with van der Waals surface area (Å²) in [4.78, 5) is 0. The van der Waals surface area contributed by atoms with Gasteiger partial charge in [-0.1, -0.05) is 55.7 Å². The van der Waals surface area contributed by atoms with E-state index in [0.717, 1.165) is 37.7 Å². The number of nitrogens with one attached hydrogen (secondary N) is 1. The highest BCUT2D eigenvalue weighted by Crippen LogP contribution is 2.25. The molecule has 0 aromatic heterocycles. The largest absolute Gasteiger partial charge is 0.494 e. The lowest BCUT2D eigenvalue weighted by atomic mass is 9.89. The van der Waals surface area contributed by atoms with E-state index < -0.39 is 0 Å². The van der Waals surface area contributed by atoms with Crippen molar-refractivity contribution in [2.45, 2.75) is 44.9 Å². The molecule has 2 nitrogen and oxygen atoms in total. The fourth-order valence-electron chi connectivity index (χ4n) is 3.46. The van der Waals surface area contributed by atoms with E-state index in [0.29, 0.717) is 0 Å². The van der Waals surface area contributed by atoms with E-state index in [1.165, 1.54) is 43.4 Å². The maximum Gasteiger partial charge on any atom is 0.121 e. The van der Waals surface area contributed by atoms with Crippen LogP contribution in [0.5, 0.6) is 5.75 Å². The molecular formula is C22H29NO. The molecule has 0 spiro atoms. The first-order chi connectivity index (χ1) is 11.9. The highest BCUT2D eigenvalue weighted by atomic mass is 16.5. The van der Waals surface area contributed by atoms with E-state index in [1.807, 2.05) is 6.07 Å². The Hall–Kier alpha value is -1.96. The molecule has 2 heteroatoms. The summed E-state index contributed by atoms with van der Waals surface area (Å²) in [5.41, 5.74) is 2.56. The number of hydrogen-bond acceptors (Lipinski definition) is 2. The number of ether oxygens (including phenoxy) is 1. The number of rotatable bonds is 8. The fraction of sp³-hybridized carbons (Fsp3) is 0.455. The van der Waals surface area contributed by atoms with Crippen LogP contribution in [0.3, 0.4) is 0 Å². The minimum Gasteiger partial charge on any atom is -0.494 e. The van der Waals surface area contributed by atoms with Crippen molar-refractivity contribution in [1.82, 2.24) is 0 Å². The standard InChI is InChI=1S/C22H29NO/c1-3-9-19(10-4-1)13-8-16-24-22-15-7-14-21(17-22)23-18-20-11-5-2-6-12-20/h1,3-4,7,9-10,14-15,17,20,23H,2,5-6,8,11-13,16,18H2. The normalized spacial score (nSPS) is 15.2. The monoisotopic (exact) mass is 323 g/mol. The molecule has 2 aromatic carbocycles.